The summed E-state index contributed by atoms with van der Waals surface area (Å²) in [5.74, 6) is -1.30. The molecule has 1 aromatic rings. The summed E-state index contributed by atoms with van der Waals surface area (Å²) in [5.41, 5.74) is 1.19. The normalized spacial score (nSPS) is 22.5. The van der Waals surface area contributed by atoms with Crippen LogP contribution in [0.4, 0.5) is 0 Å². The van der Waals surface area contributed by atoms with Crippen LogP contribution in [0, 0.1) is 5.92 Å². The second-order valence-corrected chi connectivity index (χ2v) is 10.7. The standard InChI is InChI=1S/C18H27N3O3S.2C2H4O2/c1-20(2)16-13-25(23,24)17-12-21(11-15(16)17)18(22)8-4-3-6-14-7-5-9-19-10-14;2*1-2(3)4/h5,7,9-10,15-17H,3-4,6,8,11-13H2,1-2H3;2*1H3,(H,3,4)/t15-,16+,17-;;/m0../s1. The molecule has 2 N–H and O–H groups in total. The van der Waals surface area contributed by atoms with Gasteiger partial charge in [0.15, 0.2) is 9.84 Å². The zero-order valence-corrected chi connectivity index (χ0v) is 20.5. The van der Waals surface area contributed by atoms with Crippen molar-refractivity contribution in [3.63, 3.8) is 0 Å². The highest BCUT2D eigenvalue weighted by Gasteiger charge is 2.53. The number of amides is 1. The second kappa shape index (κ2) is 13.2. The van der Waals surface area contributed by atoms with Crippen molar-refractivity contribution in [2.75, 3.05) is 32.9 Å². The number of sulfone groups is 1. The number of unbranched alkanes of at least 4 members (excludes halogenated alkanes) is 1. The van der Waals surface area contributed by atoms with Gasteiger partial charge in [0, 0.05) is 57.7 Å². The second-order valence-electron chi connectivity index (χ2n) is 8.47. The molecule has 0 radical (unpaired) electrons. The molecule has 2 saturated heterocycles. The number of carbonyl (C=O) groups is 3. The third kappa shape index (κ3) is 9.87. The minimum absolute atomic E-state index is 0.0263. The number of fused-ring (bicyclic) bond motifs is 1. The Bertz CT molecular complexity index is 871. The molecule has 2 aliphatic heterocycles. The zero-order valence-electron chi connectivity index (χ0n) is 19.7. The first-order chi connectivity index (χ1) is 15.3. The van der Waals surface area contributed by atoms with Gasteiger partial charge in [0.2, 0.25) is 5.91 Å². The lowest BCUT2D eigenvalue weighted by molar-refractivity contribution is -0.135. The molecule has 0 saturated carbocycles. The van der Waals surface area contributed by atoms with Crippen molar-refractivity contribution in [1.29, 1.82) is 0 Å². The molecule has 0 spiro atoms. The first kappa shape index (κ1) is 28.5. The summed E-state index contributed by atoms with van der Waals surface area (Å²) in [6.07, 6.45) is 6.79. The fourth-order valence-corrected chi connectivity index (χ4v) is 6.55. The summed E-state index contributed by atoms with van der Waals surface area (Å²) in [7, 11) is 0.756. The van der Waals surface area contributed by atoms with E-state index < -0.39 is 21.8 Å². The average molecular weight is 486 g/mol. The predicted molar refractivity (Wildman–Crippen MR) is 124 cm³/mol. The number of carboxylic acids is 2. The number of aromatic nitrogens is 1. The lowest BCUT2D eigenvalue weighted by Crippen LogP contribution is -2.38. The van der Waals surface area contributed by atoms with E-state index in [0.29, 0.717) is 19.5 Å². The van der Waals surface area contributed by atoms with E-state index in [1.807, 2.05) is 37.3 Å². The Morgan fingerprint density at radius 2 is 1.73 bits per heavy atom. The van der Waals surface area contributed by atoms with Crippen LogP contribution in [0.2, 0.25) is 0 Å². The van der Waals surface area contributed by atoms with Gasteiger partial charge in [-0.25, -0.2) is 8.42 Å². The van der Waals surface area contributed by atoms with Crippen LogP contribution >= 0.6 is 0 Å². The van der Waals surface area contributed by atoms with Crippen LogP contribution in [-0.2, 0) is 30.6 Å². The minimum Gasteiger partial charge on any atom is -0.481 e. The van der Waals surface area contributed by atoms with Crippen molar-refractivity contribution in [3.8, 4) is 0 Å². The quantitative estimate of drug-likeness (QED) is 0.567. The summed E-state index contributed by atoms with van der Waals surface area (Å²) >= 11 is 0. The van der Waals surface area contributed by atoms with Gasteiger partial charge in [0.25, 0.3) is 11.9 Å². The lowest BCUT2D eigenvalue weighted by Gasteiger charge is -2.25. The number of rotatable bonds is 6. The maximum absolute atomic E-state index is 12.5. The highest BCUT2D eigenvalue weighted by Crippen LogP contribution is 2.36. The van der Waals surface area contributed by atoms with Crippen molar-refractivity contribution in [1.82, 2.24) is 14.8 Å². The highest BCUT2D eigenvalue weighted by molar-refractivity contribution is 7.92. The van der Waals surface area contributed by atoms with Gasteiger partial charge in [0.05, 0.1) is 11.0 Å². The van der Waals surface area contributed by atoms with E-state index in [0.717, 1.165) is 33.1 Å². The molecule has 0 bridgehead atoms. The van der Waals surface area contributed by atoms with E-state index in [4.69, 9.17) is 19.8 Å². The van der Waals surface area contributed by atoms with Gasteiger partial charge in [-0.3, -0.25) is 19.4 Å². The monoisotopic (exact) mass is 485 g/mol. The van der Waals surface area contributed by atoms with E-state index in [9.17, 15) is 13.2 Å². The Labute approximate surface area is 195 Å². The van der Waals surface area contributed by atoms with E-state index in [1.54, 1.807) is 11.1 Å². The number of hydrogen-bond acceptors (Lipinski definition) is 7. The summed E-state index contributed by atoms with van der Waals surface area (Å²) in [6, 6.07) is 3.99. The third-order valence-electron chi connectivity index (χ3n) is 5.51. The molecule has 1 aromatic heterocycles. The number of carboxylic acid groups (broad SMARTS) is 2. The Morgan fingerprint density at radius 3 is 2.24 bits per heavy atom. The van der Waals surface area contributed by atoms with Crippen molar-refractivity contribution < 1.29 is 33.0 Å². The van der Waals surface area contributed by atoms with E-state index in [-0.39, 0.29) is 28.9 Å². The highest BCUT2D eigenvalue weighted by atomic mass is 32.2. The van der Waals surface area contributed by atoms with Gasteiger partial charge >= 0.3 is 0 Å². The number of likely N-dealkylation sites (tertiary alicyclic amines) is 1. The molecule has 3 heterocycles. The van der Waals surface area contributed by atoms with Crippen molar-refractivity contribution in [2.24, 2.45) is 5.92 Å². The van der Waals surface area contributed by atoms with E-state index in [1.165, 1.54) is 5.56 Å². The van der Waals surface area contributed by atoms with Crippen LogP contribution in [-0.4, -0.2) is 95.5 Å². The van der Waals surface area contributed by atoms with Crippen LogP contribution in [0.1, 0.15) is 38.7 Å². The molecular weight excluding hydrogens is 450 g/mol. The topological polar surface area (TPSA) is 145 Å². The maximum atomic E-state index is 12.5. The Balaban J connectivity index is 0.000000591. The van der Waals surface area contributed by atoms with Gasteiger partial charge in [-0.1, -0.05) is 6.07 Å². The van der Waals surface area contributed by atoms with Crippen molar-refractivity contribution in [2.45, 2.75) is 50.8 Å². The van der Waals surface area contributed by atoms with E-state index in [2.05, 4.69) is 4.98 Å². The molecular formula is C22H35N3O7S. The summed E-state index contributed by atoms with van der Waals surface area (Å²) < 4.78 is 24.7. The van der Waals surface area contributed by atoms with Gasteiger partial charge in [0.1, 0.15) is 0 Å². The third-order valence-corrected chi connectivity index (χ3v) is 7.74. The Morgan fingerprint density at radius 1 is 1.12 bits per heavy atom. The predicted octanol–water partition coefficient (Wildman–Crippen LogP) is 1.16. The maximum Gasteiger partial charge on any atom is 0.300 e. The van der Waals surface area contributed by atoms with Gasteiger partial charge in [-0.15, -0.1) is 0 Å². The number of aryl methyl sites for hydroxylation is 1. The fourth-order valence-electron chi connectivity index (χ4n) is 4.08. The van der Waals surface area contributed by atoms with Crippen molar-refractivity contribution >= 4 is 27.7 Å². The first-order valence-corrected chi connectivity index (χ1v) is 12.5. The molecule has 0 unspecified atom stereocenters. The molecule has 0 aliphatic carbocycles. The van der Waals surface area contributed by atoms with Crippen molar-refractivity contribution in [3.05, 3.63) is 30.1 Å². The summed E-state index contributed by atoms with van der Waals surface area (Å²) in [5, 5.41) is 14.5. The number of nitrogens with zero attached hydrogens (tertiary/aromatic N) is 3. The Kier molecular flexibility index (Phi) is 11.4. The molecule has 11 heteroatoms. The van der Waals surface area contributed by atoms with Crippen LogP contribution in [0.25, 0.3) is 0 Å². The first-order valence-electron chi connectivity index (χ1n) is 10.8. The molecule has 33 heavy (non-hydrogen) atoms. The molecule has 0 aromatic carbocycles. The zero-order chi connectivity index (χ0) is 25.2. The molecule has 3 atom stereocenters. The Hall–Kier alpha value is -2.53. The van der Waals surface area contributed by atoms with Gasteiger partial charge < -0.3 is 20.0 Å². The molecule has 10 nitrogen and oxygen atoms in total. The van der Waals surface area contributed by atoms with Gasteiger partial charge in [-0.05, 0) is 45.0 Å². The molecule has 2 fully saturated rings. The summed E-state index contributed by atoms with van der Waals surface area (Å²) in [4.78, 5) is 38.3. The van der Waals surface area contributed by atoms with E-state index >= 15 is 0 Å². The summed E-state index contributed by atoms with van der Waals surface area (Å²) in [6.45, 7) is 3.12. The molecule has 186 valence electrons. The van der Waals surface area contributed by atoms with Crippen LogP contribution < -0.4 is 0 Å². The molecule has 1 amide bonds. The molecule has 3 rings (SSSR count). The van der Waals surface area contributed by atoms with Gasteiger partial charge in [-0.2, -0.15) is 0 Å². The van der Waals surface area contributed by atoms with Crippen LogP contribution in [0.15, 0.2) is 24.5 Å². The van der Waals surface area contributed by atoms with Crippen LogP contribution in [0.5, 0.6) is 0 Å². The number of pyridine rings is 1. The van der Waals surface area contributed by atoms with Crippen LogP contribution in [0.3, 0.4) is 0 Å². The fraction of sp³-hybridized carbons (Fsp3) is 0.636. The smallest absolute Gasteiger partial charge is 0.300 e. The number of hydrogen-bond donors (Lipinski definition) is 2. The number of carbonyl (C=O) groups excluding carboxylic acids is 1. The number of aliphatic carboxylic acids is 2. The lowest BCUT2D eigenvalue weighted by atomic mass is 10.00. The SMILES string of the molecule is CC(=O)O.CC(=O)O.CN(C)[C@@H]1CS(=O)(=O)[C@H]2CN(C(=O)CCCCc3cccnc3)C[C@@H]12. The molecule has 2 aliphatic rings. The average Bonchev–Trinajstić information content (AvgIpc) is 3.24. The minimum atomic E-state index is -3.09. The largest absolute Gasteiger partial charge is 0.481 e.